The lowest BCUT2D eigenvalue weighted by atomic mass is 9.98. The third-order valence-electron chi connectivity index (χ3n) is 3.73. The van der Waals surface area contributed by atoms with Crippen molar-refractivity contribution in [2.24, 2.45) is 0 Å². The Balaban J connectivity index is 2.29. The van der Waals surface area contributed by atoms with E-state index in [4.69, 9.17) is 0 Å². The zero-order chi connectivity index (χ0) is 12.8. The maximum absolute atomic E-state index is 3.74. The van der Waals surface area contributed by atoms with E-state index in [-0.39, 0.29) is 0 Å². The number of fused-ring (bicyclic) bond motifs is 4. The molecule has 0 atom stereocenters. The predicted molar refractivity (Wildman–Crippen MR) is 87.4 cm³/mol. The molecule has 0 spiro atoms. The summed E-state index contributed by atoms with van der Waals surface area (Å²) in [5, 5.41) is 7.75. The average Bonchev–Trinajstić information content (AvgIpc) is 2.45. The summed E-state index contributed by atoms with van der Waals surface area (Å²) in [5.41, 5.74) is 0. The van der Waals surface area contributed by atoms with Crippen LogP contribution < -0.4 is 0 Å². The Hall–Kier alpha value is -1.99. The van der Waals surface area contributed by atoms with Gasteiger partial charge in [-0.25, -0.2) is 0 Å². The lowest BCUT2D eigenvalue weighted by Gasteiger charge is -2.06. The van der Waals surface area contributed by atoms with Crippen LogP contribution in [0.4, 0.5) is 0 Å². The fourth-order valence-corrected chi connectivity index (χ4v) is 3.18. The maximum atomic E-state index is 3.74. The first-order valence-electron chi connectivity index (χ1n) is 6.39. The van der Waals surface area contributed by atoms with E-state index in [9.17, 15) is 0 Å². The minimum atomic E-state index is 1.15. The summed E-state index contributed by atoms with van der Waals surface area (Å²) in [4.78, 5) is 1.15. The monoisotopic (exact) mass is 261 g/mol. The van der Waals surface area contributed by atoms with Crippen LogP contribution in [-0.4, -0.2) is 0 Å². The van der Waals surface area contributed by atoms with Crippen molar-refractivity contribution in [2.75, 3.05) is 0 Å². The van der Waals surface area contributed by atoms with Crippen molar-refractivity contribution in [3.05, 3.63) is 66.7 Å². The summed E-state index contributed by atoms with van der Waals surface area (Å²) < 4.78 is 0. The van der Waals surface area contributed by atoms with E-state index >= 15 is 0 Å². The molecule has 0 amide bonds. The van der Waals surface area contributed by atoms with E-state index in [1.807, 2.05) is 0 Å². The molecule has 0 fully saturated rings. The van der Waals surface area contributed by atoms with Crippen molar-refractivity contribution < 1.29 is 0 Å². The smallest absolute Gasteiger partial charge is 0.0616 e. The second kappa shape index (κ2) is 4.01. The highest BCUT2D eigenvalue weighted by Crippen LogP contribution is 2.31. The van der Waals surface area contributed by atoms with Gasteiger partial charge in [0.25, 0.3) is 0 Å². The Morgan fingerprint density at radius 1 is 0.579 bits per heavy atom. The van der Waals surface area contributed by atoms with E-state index in [1.165, 1.54) is 32.3 Å². The largest absolute Gasteiger partial charge is 0.158 e. The zero-order valence-corrected chi connectivity index (χ0v) is 11.4. The van der Waals surface area contributed by atoms with Crippen LogP contribution >= 0.6 is 0 Å². The molecule has 19 heavy (non-hydrogen) atoms. The van der Waals surface area contributed by atoms with Gasteiger partial charge in [-0.3, -0.25) is 0 Å². The molecule has 4 aromatic carbocycles. The molecule has 4 rings (SSSR count). The third kappa shape index (κ3) is 1.62. The van der Waals surface area contributed by atoms with Crippen LogP contribution in [0.2, 0.25) is 0 Å². The molecule has 0 aliphatic carbocycles. The van der Waals surface area contributed by atoms with Crippen molar-refractivity contribution >= 4 is 44.9 Å². The topological polar surface area (TPSA) is 0 Å². The van der Waals surface area contributed by atoms with Crippen molar-refractivity contribution in [3.8, 4) is 0 Å². The number of rotatable bonds is 0. The Morgan fingerprint density at radius 3 is 2.11 bits per heavy atom. The fraction of sp³-hybridized carbons (Fsp3) is 0. The molecule has 4 aromatic rings. The molecule has 0 radical (unpaired) electrons. The van der Waals surface area contributed by atoms with Gasteiger partial charge in [0.15, 0.2) is 4.90 Å². The van der Waals surface area contributed by atoms with E-state index < -0.39 is 0 Å². The van der Waals surface area contributed by atoms with Crippen LogP contribution in [0.1, 0.15) is 0 Å². The van der Waals surface area contributed by atoms with E-state index in [0.717, 1.165) is 4.90 Å². The highest BCUT2D eigenvalue weighted by molar-refractivity contribution is 7.59. The minimum Gasteiger partial charge on any atom is -0.0616 e. The molecule has 0 nitrogen and oxygen atoms in total. The van der Waals surface area contributed by atoms with Crippen molar-refractivity contribution in [3.63, 3.8) is 0 Å². The van der Waals surface area contributed by atoms with Gasteiger partial charge >= 0.3 is 0 Å². The number of hydrogen-bond acceptors (Lipinski definition) is 0. The van der Waals surface area contributed by atoms with Gasteiger partial charge in [0, 0.05) is 5.39 Å². The zero-order valence-electron chi connectivity index (χ0n) is 10.4. The van der Waals surface area contributed by atoms with Crippen LogP contribution in [0, 0.1) is 0 Å². The van der Waals surface area contributed by atoms with Crippen molar-refractivity contribution in [1.82, 2.24) is 0 Å². The first-order valence-corrected chi connectivity index (χ1v) is 6.89. The summed E-state index contributed by atoms with van der Waals surface area (Å²) in [5.74, 6) is 0. The summed E-state index contributed by atoms with van der Waals surface area (Å²) in [6.45, 7) is 0. The first kappa shape index (κ1) is 10.9. The van der Waals surface area contributed by atoms with Crippen molar-refractivity contribution in [1.29, 1.82) is 0 Å². The summed E-state index contributed by atoms with van der Waals surface area (Å²) >= 11 is 3.74. The highest BCUT2D eigenvalue weighted by atomic mass is 32.1. The molecule has 1 heteroatoms. The van der Waals surface area contributed by atoms with Crippen molar-refractivity contribution in [2.45, 2.75) is 4.90 Å². The van der Waals surface area contributed by atoms with Crippen LogP contribution in [-0.2, 0) is 12.6 Å². The Kier molecular flexibility index (Phi) is 2.30. The molecule has 0 aliphatic rings. The van der Waals surface area contributed by atoms with Crippen LogP contribution in [0.5, 0.6) is 0 Å². The molecule has 90 valence electrons. The van der Waals surface area contributed by atoms with Crippen LogP contribution in [0.15, 0.2) is 71.6 Å². The van der Waals surface area contributed by atoms with Gasteiger partial charge in [0.05, 0.1) is 0 Å². The fourth-order valence-electron chi connectivity index (χ4n) is 2.80. The minimum absolute atomic E-state index is 1.15. The molecule has 0 aromatic heterocycles. The van der Waals surface area contributed by atoms with Crippen LogP contribution in [0.3, 0.4) is 0 Å². The molecule has 0 bridgehead atoms. The molecular weight excluding hydrogens is 248 g/mol. The Morgan fingerprint density at radius 2 is 1.26 bits per heavy atom. The summed E-state index contributed by atoms with van der Waals surface area (Å²) in [6, 6.07) is 23.8. The normalized spacial score (nSPS) is 11.4. The second-order valence-corrected chi connectivity index (χ2v) is 5.43. The molecule has 0 heterocycles. The molecule has 0 aliphatic heterocycles. The summed E-state index contributed by atoms with van der Waals surface area (Å²) in [7, 11) is 0. The van der Waals surface area contributed by atoms with E-state index in [2.05, 4.69) is 79.4 Å². The lowest BCUT2D eigenvalue weighted by Crippen LogP contribution is -1.82. The van der Waals surface area contributed by atoms with Gasteiger partial charge in [-0.05, 0) is 57.8 Å². The quantitative estimate of drug-likeness (QED) is 0.248. The maximum Gasteiger partial charge on any atom is 0.158 e. The molecule has 0 N–H and O–H groups in total. The van der Waals surface area contributed by atoms with E-state index in [0.29, 0.717) is 0 Å². The highest BCUT2D eigenvalue weighted by Gasteiger charge is 2.07. The number of benzene rings is 4. The van der Waals surface area contributed by atoms with Crippen LogP contribution in [0.25, 0.3) is 32.3 Å². The summed E-state index contributed by atoms with van der Waals surface area (Å²) in [6.07, 6.45) is 0. The SMILES string of the molecule is [SH2+]c1cccc2ccc3cc4ccccc4cc3c12. The van der Waals surface area contributed by atoms with Gasteiger partial charge in [-0.2, -0.15) is 0 Å². The molecule has 0 unspecified atom stereocenters. The third-order valence-corrected chi connectivity index (χ3v) is 4.14. The Bertz CT molecular complexity index is 922. The van der Waals surface area contributed by atoms with Gasteiger partial charge < -0.3 is 0 Å². The lowest BCUT2D eigenvalue weighted by molar-refractivity contribution is 1.58. The molecule has 0 saturated heterocycles. The Labute approximate surface area is 117 Å². The first-order chi connectivity index (χ1) is 9.33. The van der Waals surface area contributed by atoms with E-state index in [1.54, 1.807) is 0 Å². The average molecular weight is 261 g/mol. The molecular formula is C18H13S+. The van der Waals surface area contributed by atoms with Gasteiger partial charge in [-0.1, -0.05) is 48.5 Å². The van der Waals surface area contributed by atoms with Gasteiger partial charge in [0.1, 0.15) is 0 Å². The van der Waals surface area contributed by atoms with Gasteiger partial charge in [0.2, 0.25) is 0 Å². The predicted octanol–water partition coefficient (Wildman–Crippen LogP) is 4.52. The van der Waals surface area contributed by atoms with Gasteiger partial charge in [-0.15, -0.1) is 0 Å². The number of hydrogen-bond donors (Lipinski definition) is 0. The second-order valence-electron chi connectivity index (χ2n) is 4.89. The molecule has 0 saturated carbocycles. The standard InChI is InChI=1S/C18H12S/c19-17-7-3-6-12-8-9-15-10-13-4-1-2-5-14(13)11-16(15)18(12)17/h1-11,19H/p+1.